The normalized spacial score (nSPS) is 9.81. The first-order valence-corrected chi connectivity index (χ1v) is 5.52. The van der Waals surface area contributed by atoms with Crippen LogP contribution in [-0.4, -0.2) is 18.0 Å². The molecule has 0 aliphatic heterocycles. The third-order valence-corrected chi connectivity index (χ3v) is 2.73. The summed E-state index contributed by atoms with van der Waals surface area (Å²) in [4.78, 5) is 15.6. The Morgan fingerprint density at radius 1 is 1.50 bits per heavy atom. The van der Waals surface area contributed by atoms with Crippen LogP contribution < -0.4 is 10.1 Å². The number of ether oxygens (including phenoxy) is 1. The molecule has 0 spiro atoms. The lowest BCUT2D eigenvalue weighted by molar-refractivity contribution is 0.102. The average Bonchev–Trinajstić information content (AvgIpc) is 2.83. The molecule has 4 nitrogen and oxygen atoms in total. The first-order valence-electron chi connectivity index (χ1n) is 4.64. The number of hydrogen-bond acceptors (Lipinski definition) is 4. The Labute approximate surface area is 96.9 Å². The van der Waals surface area contributed by atoms with Crippen molar-refractivity contribution < 1.29 is 9.53 Å². The Kier molecular flexibility index (Phi) is 3.16. The van der Waals surface area contributed by atoms with Crippen LogP contribution in [0, 0.1) is 0 Å². The Hall–Kier alpha value is -1.88. The number of aromatic nitrogens is 1. The van der Waals surface area contributed by atoms with Crippen molar-refractivity contribution in [3.8, 4) is 5.75 Å². The van der Waals surface area contributed by atoms with Crippen molar-refractivity contribution in [2.45, 2.75) is 0 Å². The fourth-order valence-electron chi connectivity index (χ4n) is 1.22. The van der Waals surface area contributed by atoms with Crippen LogP contribution >= 0.6 is 11.3 Å². The standard InChI is InChI=1S/C11H10N2O2S/c1-15-9-4-2-3-8(7-9)13-10(14)11-12-5-6-16-11/h2-7H,1H3,(H,13,14). The third kappa shape index (κ3) is 2.38. The second kappa shape index (κ2) is 4.76. The Morgan fingerprint density at radius 3 is 3.06 bits per heavy atom. The summed E-state index contributed by atoms with van der Waals surface area (Å²) in [6.45, 7) is 0. The second-order valence-electron chi connectivity index (χ2n) is 3.02. The van der Waals surface area contributed by atoms with Gasteiger partial charge in [-0.15, -0.1) is 11.3 Å². The Balaban J connectivity index is 2.12. The molecule has 0 aliphatic rings. The van der Waals surface area contributed by atoms with E-state index >= 15 is 0 Å². The SMILES string of the molecule is COc1cccc(NC(=O)c2nccs2)c1. The predicted octanol–water partition coefficient (Wildman–Crippen LogP) is 2.40. The Morgan fingerprint density at radius 2 is 2.38 bits per heavy atom. The minimum absolute atomic E-state index is 0.205. The molecule has 0 bridgehead atoms. The van der Waals surface area contributed by atoms with Gasteiger partial charge in [-0.3, -0.25) is 4.79 Å². The van der Waals surface area contributed by atoms with Crippen LogP contribution in [0.2, 0.25) is 0 Å². The van der Waals surface area contributed by atoms with E-state index in [9.17, 15) is 4.79 Å². The summed E-state index contributed by atoms with van der Waals surface area (Å²) in [6, 6.07) is 7.19. The van der Waals surface area contributed by atoms with Crippen LogP contribution in [0.15, 0.2) is 35.8 Å². The van der Waals surface area contributed by atoms with Gasteiger partial charge in [-0.1, -0.05) is 6.07 Å². The van der Waals surface area contributed by atoms with Gasteiger partial charge in [0.25, 0.3) is 5.91 Å². The lowest BCUT2D eigenvalue weighted by Gasteiger charge is -2.04. The fraction of sp³-hybridized carbons (Fsp3) is 0.0909. The van der Waals surface area contributed by atoms with Crippen molar-refractivity contribution >= 4 is 22.9 Å². The number of carbonyl (C=O) groups is 1. The highest BCUT2D eigenvalue weighted by Crippen LogP contribution is 2.17. The van der Waals surface area contributed by atoms with E-state index in [4.69, 9.17) is 4.74 Å². The summed E-state index contributed by atoms with van der Waals surface area (Å²) in [7, 11) is 1.59. The zero-order valence-corrected chi connectivity index (χ0v) is 9.45. The van der Waals surface area contributed by atoms with Gasteiger partial charge in [0.05, 0.1) is 7.11 Å². The lowest BCUT2D eigenvalue weighted by Crippen LogP contribution is -2.11. The number of nitrogens with one attached hydrogen (secondary N) is 1. The molecular formula is C11H10N2O2S. The number of rotatable bonds is 3. The average molecular weight is 234 g/mol. The van der Waals surface area contributed by atoms with Gasteiger partial charge in [-0.05, 0) is 12.1 Å². The number of hydrogen-bond donors (Lipinski definition) is 1. The van der Waals surface area contributed by atoms with Crippen LogP contribution in [0.4, 0.5) is 5.69 Å². The van der Waals surface area contributed by atoms with Gasteiger partial charge >= 0.3 is 0 Å². The largest absolute Gasteiger partial charge is 0.497 e. The van der Waals surface area contributed by atoms with E-state index in [0.717, 1.165) is 0 Å². The molecule has 0 fully saturated rings. The van der Waals surface area contributed by atoms with E-state index in [-0.39, 0.29) is 5.91 Å². The van der Waals surface area contributed by atoms with Crippen LogP contribution in [0.3, 0.4) is 0 Å². The molecule has 1 aromatic heterocycles. The minimum Gasteiger partial charge on any atom is -0.497 e. The zero-order valence-electron chi connectivity index (χ0n) is 8.64. The molecule has 1 aromatic carbocycles. The molecule has 0 unspecified atom stereocenters. The predicted molar refractivity (Wildman–Crippen MR) is 63.1 cm³/mol. The molecule has 0 aliphatic carbocycles. The number of amides is 1. The zero-order chi connectivity index (χ0) is 11.4. The number of methoxy groups -OCH3 is 1. The fourth-order valence-corrected chi connectivity index (χ4v) is 1.75. The first-order chi connectivity index (χ1) is 7.79. The molecule has 16 heavy (non-hydrogen) atoms. The molecule has 2 aromatic rings. The summed E-state index contributed by atoms with van der Waals surface area (Å²) in [6.07, 6.45) is 1.60. The highest BCUT2D eigenvalue weighted by Gasteiger charge is 2.08. The molecule has 0 radical (unpaired) electrons. The molecular weight excluding hydrogens is 224 g/mol. The van der Waals surface area contributed by atoms with E-state index in [1.54, 1.807) is 30.8 Å². The van der Waals surface area contributed by atoms with Crippen molar-refractivity contribution in [1.82, 2.24) is 4.98 Å². The minimum atomic E-state index is -0.205. The summed E-state index contributed by atoms with van der Waals surface area (Å²) in [5, 5.41) is 4.96. The molecule has 1 amide bonds. The Bertz CT molecular complexity index is 482. The van der Waals surface area contributed by atoms with Gasteiger partial charge in [0.1, 0.15) is 5.75 Å². The van der Waals surface area contributed by atoms with E-state index in [2.05, 4.69) is 10.3 Å². The quantitative estimate of drug-likeness (QED) is 0.887. The van der Waals surface area contributed by atoms with Gasteiger partial charge in [0.15, 0.2) is 5.01 Å². The van der Waals surface area contributed by atoms with Gasteiger partial charge < -0.3 is 10.1 Å². The van der Waals surface area contributed by atoms with Crippen LogP contribution in [0.5, 0.6) is 5.75 Å². The molecule has 0 saturated heterocycles. The molecule has 1 N–H and O–H groups in total. The van der Waals surface area contributed by atoms with Crippen LogP contribution in [0.1, 0.15) is 9.80 Å². The highest BCUT2D eigenvalue weighted by molar-refractivity contribution is 7.11. The van der Waals surface area contributed by atoms with E-state index < -0.39 is 0 Å². The first kappa shape index (κ1) is 10.6. The van der Waals surface area contributed by atoms with Gasteiger partial charge in [-0.25, -0.2) is 4.98 Å². The van der Waals surface area contributed by atoms with Crippen molar-refractivity contribution in [3.63, 3.8) is 0 Å². The maximum absolute atomic E-state index is 11.7. The molecule has 0 saturated carbocycles. The molecule has 1 heterocycles. The maximum atomic E-state index is 11.7. The topological polar surface area (TPSA) is 51.2 Å². The maximum Gasteiger partial charge on any atom is 0.284 e. The number of thiazole rings is 1. The summed E-state index contributed by atoms with van der Waals surface area (Å²) in [5.41, 5.74) is 0.694. The number of anilines is 1. The number of nitrogens with zero attached hydrogens (tertiary/aromatic N) is 1. The molecule has 5 heteroatoms. The summed E-state index contributed by atoms with van der Waals surface area (Å²) < 4.78 is 5.06. The van der Waals surface area contributed by atoms with Gasteiger partial charge in [0.2, 0.25) is 0 Å². The van der Waals surface area contributed by atoms with Crippen molar-refractivity contribution in [3.05, 3.63) is 40.8 Å². The van der Waals surface area contributed by atoms with Crippen LogP contribution in [0.25, 0.3) is 0 Å². The number of benzene rings is 1. The van der Waals surface area contributed by atoms with Gasteiger partial charge in [0, 0.05) is 23.3 Å². The highest BCUT2D eigenvalue weighted by atomic mass is 32.1. The lowest BCUT2D eigenvalue weighted by atomic mass is 10.3. The van der Waals surface area contributed by atoms with Gasteiger partial charge in [-0.2, -0.15) is 0 Å². The van der Waals surface area contributed by atoms with E-state index in [0.29, 0.717) is 16.4 Å². The van der Waals surface area contributed by atoms with Crippen molar-refractivity contribution in [2.24, 2.45) is 0 Å². The third-order valence-electron chi connectivity index (χ3n) is 1.95. The smallest absolute Gasteiger partial charge is 0.284 e. The molecule has 2 rings (SSSR count). The van der Waals surface area contributed by atoms with E-state index in [1.807, 2.05) is 12.1 Å². The second-order valence-corrected chi connectivity index (χ2v) is 3.92. The van der Waals surface area contributed by atoms with E-state index in [1.165, 1.54) is 11.3 Å². The number of carbonyl (C=O) groups excluding carboxylic acids is 1. The van der Waals surface area contributed by atoms with Crippen molar-refractivity contribution in [1.29, 1.82) is 0 Å². The summed E-state index contributed by atoms with van der Waals surface area (Å²) in [5.74, 6) is 0.500. The molecule has 0 atom stereocenters. The van der Waals surface area contributed by atoms with Crippen LogP contribution in [-0.2, 0) is 0 Å². The van der Waals surface area contributed by atoms with Crippen molar-refractivity contribution in [2.75, 3.05) is 12.4 Å². The monoisotopic (exact) mass is 234 g/mol. The molecule has 82 valence electrons. The summed E-state index contributed by atoms with van der Waals surface area (Å²) >= 11 is 1.31.